The van der Waals surface area contributed by atoms with Gasteiger partial charge in [0.1, 0.15) is 11.5 Å². The molecule has 6 heteroatoms. The molecule has 0 spiro atoms. The number of rotatable bonds is 5. The van der Waals surface area contributed by atoms with Crippen molar-refractivity contribution in [2.75, 3.05) is 31.5 Å². The van der Waals surface area contributed by atoms with Crippen molar-refractivity contribution in [3.05, 3.63) is 33.6 Å². The Morgan fingerprint density at radius 2 is 2.05 bits per heavy atom. The van der Waals surface area contributed by atoms with E-state index < -0.39 is 10.7 Å². The molecule has 5 nitrogen and oxygen atoms in total. The van der Waals surface area contributed by atoms with Crippen molar-refractivity contribution in [3.63, 3.8) is 0 Å². The zero-order chi connectivity index (χ0) is 14.5. The minimum atomic E-state index is -0.550. The normalized spacial score (nSPS) is 16.1. The number of anilines is 1. The monoisotopic (exact) mass is 281 g/mol. The Hall–Kier alpha value is -1.69. The van der Waals surface area contributed by atoms with Crippen LogP contribution < -0.4 is 5.32 Å². The Kier molecular flexibility index (Phi) is 4.89. The van der Waals surface area contributed by atoms with Gasteiger partial charge in [-0.2, -0.15) is 0 Å². The average Bonchev–Trinajstić information content (AvgIpc) is 2.43. The van der Waals surface area contributed by atoms with Gasteiger partial charge in [0.15, 0.2) is 0 Å². The fourth-order valence-electron chi connectivity index (χ4n) is 2.50. The van der Waals surface area contributed by atoms with Crippen LogP contribution >= 0.6 is 0 Å². The molecule has 0 saturated carbocycles. The summed E-state index contributed by atoms with van der Waals surface area (Å²) in [7, 11) is 0. The molecule has 0 radical (unpaired) electrons. The van der Waals surface area contributed by atoms with Crippen molar-refractivity contribution >= 4 is 11.4 Å². The fourth-order valence-corrected chi connectivity index (χ4v) is 2.50. The number of halogens is 1. The number of hydrogen-bond acceptors (Lipinski definition) is 4. The lowest BCUT2D eigenvalue weighted by atomic mass is 10.1. The predicted octanol–water partition coefficient (Wildman–Crippen LogP) is 2.94. The summed E-state index contributed by atoms with van der Waals surface area (Å²) in [6.45, 7) is 5.27. The lowest BCUT2D eigenvalue weighted by molar-refractivity contribution is -0.384. The van der Waals surface area contributed by atoms with Crippen LogP contribution in [-0.4, -0.2) is 36.0 Å². The summed E-state index contributed by atoms with van der Waals surface area (Å²) in [6.07, 6.45) is 3.72. The van der Waals surface area contributed by atoms with Crippen LogP contribution in [0.1, 0.15) is 24.8 Å². The second-order valence-corrected chi connectivity index (χ2v) is 5.20. The minimum Gasteiger partial charge on any atom is -0.378 e. The lowest BCUT2D eigenvalue weighted by Gasteiger charge is -2.26. The summed E-state index contributed by atoms with van der Waals surface area (Å²) in [5.41, 5.74) is 0.605. The molecule has 0 aromatic heterocycles. The molecule has 0 bridgehead atoms. The van der Waals surface area contributed by atoms with E-state index in [0.29, 0.717) is 17.8 Å². The summed E-state index contributed by atoms with van der Waals surface area (Å²) in [5, 5.41) is 14.0. The van der Waals surface area contributed by atoms with Gasteiger partial charge in [-0.05, 0) is 44.5 Å². The molecule has 20 heavy (non-hydrogen) atoms. The van der Waals surface area contributed by atoms with Crippen molar-refractivity contribution in [1.82, 2.24) is 4.90 Å². The number of hydrogen-bond donors (Lipinski definition) is 1. The Labute approximate surface area is 117 Å². The molecule has 2 rings (SSSR count). The molecule has 1 heterocycles. The van der Waals surface area contributed by atoms with Crippen LogP contribution in [0, 0.1) is 22.9 Å². The van der Waals surface area contributed by atoms with Gasteiger partial charge in [-0.3, -0.25) is 10.1 Å². The van der Waals surface area contributed by atoms with E-state index in [2.05, 4.69) is 10.2 Å². The molecule has 0 amide bonds. The van der Waals surface area contributed by atoms with E-state index in [-0.39, 0.29) is 5.69 Å². The van der Waals surface area contributed by atoms with Crippen molar-refractivity contribution in [2.24, 2.45) is 0 Å². The molecule has 0 aliphatic carbocycles. The highest BCUT2D eigenvalue weighted by Gasteiger charge is 2.17. The van der Waals surface area contributed by atoms with E-state index in [1.807, 2.05) is 0 Å². The number of piperidine rings is 1. The summed E-state index contributed by atoms with van der Waals surface area (Å²) in [5.74, 6) is -0.543. The quantitative estimate of drug-likeness (QED) is 0.666. The number of likely N-dealkylation sites (tertiary alicyclic amines) is 1. The molecule has 1 saturated heterocycles. The van der Waals surface area contributed by atoms with Gasteiger partial charge in [-0.25, -0.2) is 4.39 Å². The summed E-state index contributed by atoms with van der Waals surface area (Å²) >= 11 is 0. The molecule has 110 valence electrons. The first-order valence-electron chi connectivity index (χ1n) is 6.98. The third-order valence-corrected chi connectivity index (χ3v) is 3.67. The molecule has 1 aromatic rings. The van der Waals surface area contributed by atoms with Gasteiger partial charge in [0, 0.05) is 13.1 Å². The fraction of sp³-hybridized carbons (Fsp3) is 0.571. The summed E-state index contributed by atoms with van der Waals surface area (Å²) < 4.78 is 13.4. The van der Waals surface area contributed by atoms with Crippen LogP contribution in [0.4, 0.5) is 15.8 Å². The molecule has 0 atom stereocenters. The van der Waals surface area contributed by atoms with Crippen molar-refractivity contribution < 1.29 is 9.31 Å². The molecule has 0 unspecified atom stereocenters. The first-order valence-corrected chi connectivity index (χ1v) is 6.98. The highest BCUT2D eigenvalue weighted by molar-refractivity contribution is 5.63. The first kappa shape index (κ1) is 14.7. The highest BCUT2D eigenvalue weighted by atomic mass is 19.1. The molecule has 1 N–H and O–H groups in total. The first-order chi connectivity index (χ1) is 9.58. The van der Waals surface area contributed by atoms with Crippen LogP contribution in [0.15, 0.2) is 12.1 Å². The largest absolute Gasteiger partial charge is 0.378 e. The predicted molar refractivity (Wildman–Crippen MR) is 76.6 cm³/mol. The van der Waals surface area contributed by atoms with Gasteiger partial charge >= 0.3 is 0 Å². The van der Waals surface area contributed by atoms with E-state index in [1.54, 1.807) is 6.92 Å². The zero-order valence-corrected chi connectivity index (χ0v) is 11.7. The number of nitro benzene ring substituents is 1. The molecule has 1 aliphatic heterocycles. The maximum absolute atomic E-state index is 13.4. The zero-order valence-electron chi connectivity index (χ0n) is 11.7. The number of aryl methyl sites for hydroxylation is 1. The Bertz CT molecular complexity index is 488. The van der Waals surface area contributed by atoms with Gasteiger partial charge < -0.3 is 10.2 Å². The molecular weight excluding hydrogens is 261 g/mol. The third-order valence-electron chi connectivity index (χ3n) is 3.67. The van der Waals surface area contributed by atoms with Crippen LogP contribution in [0.25, 0.3) is 0 Å². The number of nitrogens with zero attached hydrogens (tertiary/aromatic N) is 2. The molecule has 1 aromatic carbocycles. The van der Waals surface area contributed by atoms with Gasteiger partial charge in [-0.15, -0.1) is 0 Å². The summed E-state index contributed by atoms with van der Waals surface area (Å²) in [4.78, 5) is 12.7. The second-order valence-electron chi connectivity index (χ2n) is 5.20. The number of nitro groups is 1. The van der Waals surface area contributed by atoms with Crippen LogP contribution in [-0.2, 0) is 0 Å². The van der Waals surface area contributed by atoms with Crippen molar-refractivity contribution in [2.45, 2.75) is 26.2 Å². The van der Waals surface area contributed by atoms with E-state index in [4.69, 9.17) is 0 Å². The highest BCUT2D eigenvalue weighted by Crippen LogP contribution is 2.27. The molecule has 1 aliphatic rings. The van der Waals surface area contributed by atoms with E-state index in [0.717, 1.165) is 25.7 Å². The summed E-state index contributed by atoms with van der Waals surface area (Å²) in [6, 6.07) is 2.49. The molecule has 1 fully saturated rings. The maximum atomic E-state index is 13.4. The number of benzene rings is 1. The molecular formula is C14H20FN3O2. The SMILES string of the molecule is Cc1cc(NCCN2CCCCC2)c([N+](=O)[O-])cc1F. The van der Waals surface area contributed by atoms with Gasteiger partial charge in [-0.1, -0.05) is 6.42 Å². The topological polar surface area (TPSA) is 58.4 Å². The maximum Gasteiger partial charge on any atom is 0.295 e. The Morgan fingerprint density at radius 1 is 1.35 bits per heavy atom. The third kappa shape index (κ3) is 3.66. The Morgan fingerprint density at radius 3 is 2.70 bits per heavy atom. The average molecular weight is 281 g/mol. The van der Waals surface area contributed by atoms with E-state index in [9.17, 15) is 14.5 Å². The van der Waals surface area contributed by atoms with Gasteiger partial charge in [0.25, 0.3) is 5.69 Å². The van der Waals surface area contributed by atoms with Gasteiger partial charge in [0.05, 0.1) is 11.0 Å². The standard InChI is InChI=1S/C14H20FN3O2/c1-11-9-13(14(18(19)20)10-12(11)15)16-5-8-17-6-3-2-4-7-17/h9-10,16H,2-8H2,1H3. The van der Waals surface area contributed by atoms with Crippen molar-refractivity contribution in [3.8, 4) is 0 Å². The Balaban J connectivity index is 1.97. The smallest absolute Gasteiger partial charge is 0.295 e. The van der Waals surface area contributed by atoms with Crippen LogP contribution in [0.3, 0.4) is 0 Å². The van der Waals surface area contributed by atoms with Crippen molar-refractivity contribution in [1.29, 1.82) is 0 Å². The van der Waals surface area contributed by atoms with Crippen LogP contribution in [0.2, 0.25) is 0 Å². The second kappa shape index (κ2) is 6.65. The lowest BCUT2D eigenvalue weighted by Crippen LogP contribution is -2.33. The van der Waals surface area contributed by atoms with E-state index in [1.165, 1.54) is 25.3 Å². The van der Waals surface area contributed by atoms with Crippen LogP contribution in [0.5, 0.6) is 0 Å². The number of nitrogens with one attached hydrogen (secondary N) is 1. The van der Waals surface area contributed by atoms with E-state index >= 15 is 0 Å². The van der Waals surface area contributed by atoms with Gasteiger partial charge in [0.2, 0.25) is 0 Å². The minimum absolute atomic E-state index is 0.202.